The molecule has 0 spiro atoms. The van der Waals surface area contributed by atoms with E-state index >= 15 is 0 Å². The van der Waals surface area contributed by atoms with E-state index in [4.69, 9.17) is 14.2 Å². The lowest BCUT2D eigenvalue weighted by Crippen LogP contribution is -2.49. The Hall–Kier alpha value is -1.76. The van der Waals surface area contributed by atoms with Gasteiger partial charge in [0.15, 0.2) is 11.5 Å². The third-order valence-electron chi connectivity index (χ3n) is 5.59. The highest BCUT2D eigenvalue weighted by Crippen LogP contribution is 2.51. The van der Waals surface area contributed by atoms with E-state index in [9.17, 15) is 10.2 Å². The van der Waals surface area contributed by atoms with E-state index in [1.54, 1.807) is 14.2 Å². The molecule has 0 fully saturated rings. The first-order valence-electron chi connectivity index (χ1n) is 8.76. The minimum atomic E-state index is -0.724. The minimum Gasteiger partial charge on any atom is -0.493 e. The summed E-state index contributed by atoms with van der Waals surface area (Å²) in [5.41, 5.74) is 3.26. The van der Waals surface area contributed by atoms with Gasteiger partial charge in [-0.05, 0) is 43.2 Å². The fourth-order valence-electron chi connectivity index (χ4n) is 4.38. The fraction of sp³-hybridized carbons (Fsp3) is 0.579. The number of fused-ring (bicyclic) bond motifs is 4. The van der Waals surface area contributed by atoms with E-state index in [1.807, 2.05) is 19.2 Å². The summed E-state index contributed by atoms with van der Waals surface area (Å²) in [4.78, 5) is 2.22. The predicted molar refractivity (Wildman–Crippen MR) is 92.7 cm³/mol. The van der Waals surface area contributed by atoms with Crippen molar-refractivity contribution in [3.05, 3.63) is 28.8 Å². The lowest BCUT2D eigenvalue weighted by atomic mass is 9.79. The molecule has 2 N–H and O–H groups in total. The molecule has 4 atom stereocenters. The summed E-state index contributed by atoms with van der Waals surface area (Å²) in [6.45, 7) is 0.876. The number of methoxy groups -OCH3 is 2. The average molecular weight is 347 g/mol. The molecule has 1 aromatic carbocycles. The monoisotopic (exact) mass is 347 g/mol. The van der Waals surface area contributed by atoms with Gasteiger partial charge in [-0.15, -0.1) is 0 Å². The second-order valence-corrected chi connectivity index (χ2v) is 7.08. The van der Waals surface area contributed by atoms with Crippen LogP contribution in [0.4, 0.5) is 0 Å². The maximum atomic E-state index is 10.7. The summed E-state index contributed by atoms with van der Waals surface area (Å²) < 4.78 is 17.5. The van der Waals surface area contributed by atoms with Crippen molar-refractivity contribution in [3.8, 4) is 11.5 Å². The van der Waals surface area contributed by atoms with Crippen LogP contribution in [0.1, 0.15) is 35.6 Å². The number of benzene rings is 1. The number of likely N-dealkylation sites (N-methyl/N-ethyl adjacent to an activating group) is 1. The molecule has 25 heavy (non-hydrogen) atoms. The van der Waals surface area contributed by atoms with Crippen molar-refractivity contribution in [2.75, 3.05) is 27.8 Å². The lowest BCUT2D eigenvalue weighted by molar-refractivity contribution is -0.0634. The summed E-state index contributed by atoms with van der Waals surface area (Å²) in [5.74, 6) is 2.00. The quantitative estimate of drug-likeness (QED) is 0.845. The van der Waals surface area contributed by atoms with E-state index in [0.717, 1.165) is 24.1 Å². The standard InChI is InChI=1S/C19H25NO5/c1-20-7-6-10-8-14(23-2)19(24-3)16-13-5-4-11(21)9-12(22)18(25-13)17(20)15(10)16/h5,8,11-12,17-18,21-22H,4,6-7,9H2,1-3H3. The second-order valence-electron chi connectivity index (χ2n) is 7.08. The van der Waals surface area contributed by atoms with Crippen LogP contribution in [0.5, 0.6) is 11.5 Å². The van der Waals surface area contributed by atoms with Crippen molar-refractivity contribution in [2.45, 2.75) is 43.6 Å². The SMILES string of the molecule is COc1cc2c3c(c1OC)C1=CCC(O)CC(O)C(O1)C3N(C)CC2. The van der Waals surface area contributed by atoms with E-state index in [0.29, 0.717) is 30.1 Å². The van der Waals surface area contributed by atoms with Crippen molar-refractivity contribution in [1.82, 2.24) is 4.90 Å². The molecule has 0 aliphatic carbocycles. The van der Waals surface area contributed by atoms with Crippen LogP contribution in [0.3, 0.4) is 0 Å². The Bertz CT molecular complexity index is 716. The van der Waals surface area contributed by atoms with Crippen molar-refractivity contribution in [2.24, 2.45) is 0 Å². The zero-order valence-corrected chi connectivity index (χ0v) is 14.9. The normalized spacial score (nSPS) is 31.2. The van der Waals surface area contributed by atoms with Gasteiger partial charge in [-0.2, -0.15) is 0 Å². The molecule has 0 aromatic heterocycles. The zero-order valence-electron chi connectivity index (χ0n) is 14.9. The molecule has 0 saturated heterocycles. The highest BCUT2D eigenvalue weighted by atomic mass is 16.5. The van der Waals surface area contributed by atoms with E-state index in [-0.39, 0.29) is 6.04 Å². The van der Waals surface area contributed by atoms with Crippen LogP contribution in [-0.4, -0.2) is 61.2 Å². The molecule has 4 rings (SSSR count). The van der Waals surface area contributed by atoms with Crippen molar-refractivity contribution in [1.29, 1.82) is 0 Å². The number of hydrogen-bond donors (Lipinski definition) is 2. The molecule has 1 aromatic rings. The topological polar surface area (TPSA) is 71.4 Å². The lowest BCUT2D eigenvalue weighted by Gasteiger charge is -2.47. The first-order chi connectivity index (χ1) is 12.0. The second kappa shape index (κ2) is 6.20. The number of aliphatic hydroxyl groups is 2. The maximum absolute atomic E-state index is 10.7. The van der Waals surface area contributed by atoms with Crippen LogP contribution in [-0.2, 0) is 11.2 Å². The van der Waals surface area contributed by atoms with E-state index in [1.165, 1.54) is 5.56 Å². The molecule has 0 saturated carbocycles. The van der Waals surface area contributed by atoms with Crippen LogP contribution in [0.2, 0.25) is 0 Å². The average Bonchev–Trinajstić information content (AvgIpc) is 2.61. The van der Waals surface area contributed by atoms with Crippen LogP contribution < -0.4 is 9.47 Å². The third-order valence-corrected chi connectivity index (χ3v) is 5.59. The Kier molecular flexibility index (Phi) is 4.14. The van der Waals surface area contributed by atoms with Gasteiger partial charge in [-0.25, -0.2) is 0 Å². The Morgan fingerprint density at radius 3 is 2.76 bits per heavy atom. The van der Waals surface area contributed by atoms with Gasteiger partial charge in [0.2, 0.25) is 0 Å². The molecule has 3 aliphatic rings. The molecule has 0 amide bonds. The molecule has 6 nitrogen and oxygen atoms in total. The van der Waals surface area contributed by atoms with Crippen LogP contribution in [0.15, 0.2) is 12.1 Å². The first kappa shape index (κ1) is 16.7. The van der Waals surface area contributed by atoms with Crippen molar-refractivity contribution >= 4 is 5.76 Å². The van der Waals surface area contributed by atoms with Crippen LogP contribution >= 0.6 is 0 Å². The third kappa shape index (κ3) is 2.51. The van der Waals surface area contributed by atoms with E-state index in [2.05, 4.69) is 4.90 Å². The molecule has 136 valence electrons. The largest absolute Gasteiger partial charge is 0.493 e. The number of rotatable bonds is 2. The van der Waals surface area contributed by atoms with Gasteiger partial charge in [-0.3, -0.25) is 4.90 Å². The van der Waals surface area contributed by atoms with Crippen LogP contribution in [0.25, 0.3) is 5.76 Å². The van der Waals surface area contributed by atoms with Gasteiger partial charge in [0.05, 0.1) is 38.0 Å². The zero-order chi connectivity index (χ0) is 17.7. The predicted octanol–water partition coefficient (Wildman–Crippen LogP) is 1.49. The number of nitrogens with zero attached hydrogens (tertiary/aromatic N) is 1. The minimum absolute atomic E-state index is 0.0731. The Morgan fingerprint density at radius 1 is 1.24 bits per heavy atom. The van der Waals surface area contributed by atoms with Crippen molar-refractivity contribution < 1.29 is 24.4 Å². The molecule has 0 radical (unpaired) electrons. The Labute approximate surface area is 147 Å². The number of hydrogen-bond acceptors (Lipinski definition) is 6. The van der Waals surface area contributed by atoms with Crippen LogP contribution in [0, 0.1) is 0 Å². The van der Waals surface area contributed by atoms with Gasteiger partial charge < -0.3 is 24.4 Å². The summed E-state index contributed by atoms with van der Waals surface area (Å²) in [6.07, 6.45) is 1.86. The molecular formula is C19H25NO5. The fourth-order valence-corrected chi connectivity index (χ4v) is 4.38. The Balaban J connectivity index is 2.00. The summed E-state index contributed by atoms with van der Waals surface area (Å²) in [6, 6.07) is 1.97. The van der Waals surface area contributed by atoms with E-state index < -0.39 is 18.3 Å². The molecular weight excluding hydrogens is 322 g/mol. The number of aliphatic hydroxyl groups excluding tert-OH is 2. The molecule has 3 heterocycles. The summed E-state index contributed by atoms with van der Waals surface area (Å²) in [7, 11) is 5.31. The highest BCUT2D eigenvalue weighted by Gasteiger charge is 2.46. The summed E-state index contributed by atoms with van der Waals surface area (Å²) >= 11 is 0. The smallest absolute Gasteiger partial charge is 0.172 e. The molecule has 2 bridgehead atoms. The Morgan fingerprint density at radius 2 is 2.04 bits per heavy atom. The molecule has 4 unspecified atom stereocenters. The van der Waals surface area contributed by atoms with Gasteiger partial charge >= 0.3 is 0 Å². The molecule has 6 heteroatoms. The van der Waals surface area contributed by atoms with Gasteiger partial charge in [0, 0.05) is 13.0 Å². The summed E-state index contributed by atoms with van der Waals surface area (Å²) in [5, 5.41) is 20.9. The number of ether oxygens (including phenoxy) is 3. The maximum Gasteiger partial charge on any atom is 0.172 e. The van der Waals surface area contributed by atoms with Gasteiger partial charge in [0.1, 0.15) is 11.9 Å². The molecule has 3 aliphatic heterocycles. The van der Waals surface area contributed by atoms with Gasteiger partial charge in [0.25, 0.3) is 0 Å². The first-order valence-corrected chi connectivity index (χ1v) is 8.76. The van der Waals surface area contributed by atoms with Gasteiger partial charge in [-0.1, -0.05) is 0 Å². The highest BCUT2D eigenvalue weighted by molar-refractivity contribution is 5.76. The van der Waals surface area contributed by atoms with Crippen molar-refractivity contribution in [3.63, 3.8) is 0 Å².